The van der Waals surface area contributed by atoms with Crippen molar-refractivity contribution in [2.24, 2.45) is 10.9 Å². The molecule has 0 aromatic rings. The molecule has 0 aliphatic carbocycles. The zero-order valence-electron chi connectivity index (χ0n) is 9.21. The fourth-order valence-corrected chi connectivity index (χ4v) is 1.31. The molecular weight excluding hydrogens is 214 g/mol. The summed E-state index contributed by atoms with van der Waals surface area (Å²) in [5, 5.41) is 21.9. The van der Waals surface area contributed by atoms with Crippen LogP contribution in [0.25, 0.3) is 0 Å². The molecule has 7 nitrogen and oxygen atoms in total. The predicted octanol–water partition coefficient (Wildman–Crippen LogP) is 0.694. The summed E-state index contributed by atoms with van der Waals surface area (Å²) in [5.74, 6) is -0.924. The van der Waals surface area contributed by atoms with Crippen LogP contribution < -0.4 is 5.73 Å². The van der Waals surface area contributed by atoms with Crippen molar-refractivity contribution in [1.82, 2.24) is 0 Å². The van der Waals surface area contributed by atoms with Crippen molar-refractivity contribution >= 4 is 11.6 Å². The van der Waals surface area contributed by atoms with Crippen molar-refractivity contribution in [3.63, 3.8) is 0 Å². The molecule has 0 saturated carbocycles. The van der Waals surface area contributed by atoms with Crippen LogP contribution in [0.4, 0.5) is 0 Å². The molecule has 3 N–H and O–H groups in total. The molecule has 0 heterocycles. The van der Waals surface area contributed by atoms with E-state index in [9.17, 15) is 14.9 Å². The maximum absolute atomic E-state index is 10.8. The van der Waals surface area contributed by atoms with E-state index in [-0.39, 0.29) is 5.71 Å². The van der Waals surface area contributed by atoms with Gasteiger partial charge in [-0.05, 0) is 12.5 Å². The van der Waals surface area contributed by atoms with Gasteiger partial charge in [0.1, 0.15) is 0 Å². The number of hydrogen-bond acceptors (Lipinski definition) is 5. The van der Waals surface area contributed by atoms with Crippen LogP contribution in [0.5, 0.6) is 0 Å². The number of rotatable bonds is 6. The highest BCUT2D eigenvalue weighted by molar-refractivity contribution is 6.42. The van der Waals surface area contributed by atoms with E-state index in [4.69, 9.17) is 10.9 Å². The average molecular weight is 229 g/mol. The lowest BCUT2D eigenvalue weighted by molar-refractivity contribution is -0.512. The largest absolute Gasteiger partial charge is 0.410 e. The van der Waals surface area contributed by atoms with Gasteiger partial charge in [-0.2, -0.15) is 0 Å². The second kappa shape index (κ2) is 6.54. The van der Waals surface area contributed by atoms with Gasteiger partial charge in [-0.25, -0.2) is 0 Å². The minimum absolute atomic E-state index is 0.296. The van der Waals surface area contributed by atoms with Crippen LogP contribution in [-0.4, -0.2) is 27.8 Å². The zero-order valence-corrected chi connectivity index (χ0v) is 9.21. The molecule has 1 unspecified atom stereocenters. The molecule has 0 saturated heterocycles. The molecule has 0 spiro atoms. The summed E-state index contributed by atoms with van der Waals surface area (Å²) in [4.78, 5) is 21.1. The van der Waals surface area contributed by atoms with Gasteiger partial charge in [0.2, 0.25) is 6.04 Å². The summed E-state index contributed by atoms with van der Waals surface area (Å²) in [6.07, 6.45) is 1.84. The highest BCUT2D eigenvalue weighted by atomic mass is 16.6. The van der Waals surface area contributed by atoms with E-state index in [0.717, 1.165) is 0 Å². The van der Waals surface area contributed by atoms with E-state index in [1.54, 1.807) is 13.8 Å². The normalized spacial score (nSPS) is 14.6. The molecule has 0 aliphatic heterocycles. The fourth-order valence-electron chi connectivity index (χ4n) is 1.31. The van der Waals surface area contributed by atoms with Gasteiger partial charge in [0.25, 0.3) is 5.91 Å². The minimum Gasteiger partial charge on any atom is -0.410 e. The highest BCUT2D eigenvalue weighted by Crippen LogP contribution is 2.14. The van der Waals surface area contributed by atoms with Crippen LogP contribution in [0.2, 0.25) is 0 Å². The second-order valence-corrected chi connectivity index (χ2v) is 3.13. The third-order valence-electron chi connectivity index (χ3n) is 2.16. The van der Waals surface area contributed by atoms with Crippen LogP contribution in [0.15, 0.2) is 16.8 Å². The Morgan fingerprint density at radius 3 is 2.44 bits per heavy atom. The Kier molecular flexibility index (Phi) is 5.76. The maximum atomic E-state index is 10.8. The lowest BCUT2D eigenvalue weighted by atomic mass is 10.0. The van der Waals surface area contributed by atoms with Crippen LogP contribution in [0.1, 0.15) is 26.7 Å². The Labute approximate surface area is 92.8 Å². The van der Waals surface area contributed by atoms with E-state index in [1.807, 2.05) is 0 Å². The Balaban J connectivity index is 5.18. The van der Waals surface area contributed by atoms with Gasteiger partial charge in [-0.15, -0.1) is 0 Å². The molecule has 0 aliphatic rings. The maximum Gasteiger partial charge on any atom is 0.270 e. The van der Waals surface area contributed by atoms with Gasteiger partial charge in [0, 0.05) is 16.9 Å². The van der Waals surface area contributed by atoms with Crippen molar-refractivity contribution in [1.29, 1.82) is 0 Å². The van der Waals surface area contributed by atoms with Crippen LogP contribution in [-0.2, 0) is 4.79 Å². The predicted molar refractivity (Wildman–Crippen MR) is 57.9 cm³/mol. The summed E-state index contributed by atoms with van der Waals surface area (Å²) >= 11 is 0. The summed E-state index contributed by atoms with van der Waals surface area (Å²) in [5.41, 5.74) is 4.95. The molecule has 0 rings (SSSR count). The van der Waals surface area contributed by atoms with E-state index < -0.39 is 16.9 Å². The number of carbonyl (C=O) groups excluding carboxylic acids is 1. The average Bonchev–Trinajstić information content (AvgIpc) is 2.22. The van der Waals surface area contributed by atoms with E-state index in [1.165, 1.54) is 6.08 Å². The molecule has 0 fully saturated rings. The van der Waals surface area contributed by atoms with Crippen molar-refractivity contribution in [3.05, 3.63) is 21.8 Å². The van der Waals surface area contributed by atoms with Crippen LogP contribution >= 0.6 is 0 Å². The van der Waals surface area contributed by atoms with E-state index >= 15 is 0 Å². The molecule has 1 amide bonds. The second-order valence-electron chi connectivity index (χ2n) is 3.13. The minimum atomic E-state index is -0.924. The number of nitrogens with two attached hydrogens (primary N) is 1. The number of carbonyl (C=O) groups is 1. The van der Waals surface area contributed by atoms with Crippen molar-refractivity contribution in [2.75, 3.05) is 0 Å². The molecule has 0 bridgehead atoms. The van der Waals surface area contributed by atoms with Crippen molar-refractivity contribution in [2.45, 2.75) is 32.7 Å². The lowest BCUT2D eigenvalue weighted by Crippen LogP contribution is -2.25. The first-order chi connectivity index (χ1) is 7.47. The summed E-state index contributed by atoms with van der Waals surface area (Å²) in [6, 6.07) is -0.888. The quantitative estimate of drug-likeness (QED) is 0.301. The fraction of sp³-hybridized carbons (Fsp3) is 0.556. The monoisotopic (exact) mass is 229 g/mol. The number of nitrogens with zero attached hydrogens (tertiary/aromatic N) is 2. The van der Waals surface area contributed by atoms with Gasteiger partial charge < -0.3 is 10.9 Å². The Hall–Kier alpha value is -1.92. The third kappa shape index (κ3) is 3.68. The van der Waals surface area contributed by atoms with Gasteiger partial charge in [-0.1, -0.05) is 19.0 Å². The molecule has 0 aromatic carbocycles. The van der Waals surface area contributed by atoms with Gasteiger partial charge in [0.05, 0.1) is 0 Å². The number of amides is 1. The first-order valence-corrected chi connectivity index (χ1v) is 4.83. The molecule has 0 radical (unpaired) electrons. The first kappa shape index (κ1) is 14.1. The number of primary amides is 1. The first-order valence-electron chi connectivity index (χ1n) is 4.83. The van der Waals surface area contributed by atoms with Gasteiger partial charge >= 0.3 is 0 Å². The summed E-state index contributed by atoms with van der Waals surface area (Å²) in [7, 11) is 0. The third-order valence-corrected chi connectivity index (χ3v) is 2.16. The zero-order chi connectivity index (χ0) is 12.7. The smallest absolute Gasteiger partial charge is 0.270 e. The van der Waals surface area contributed by atoms with Crippen molar-refractivity contribution in [3.8, 4) is 0 Å². The molecule has 90 valence electrons. The van der Waals surface area contributed by atoms with Crippen molar-refractivity contribution < 1.29 is 14.9 Å². The van der Waals surface area contributed by atoms with Gasteiger partial charge in [-0.3, -0.25) is 14.9 Å². The molecule has 0 aromatic heterocycles. The molecular formula is C9H15N3O4. The topological polar surface area (TPSA) is 119 Å². The number of oxime groups is 1. The number of nitro groups is 1. The Morgan fingerprint density at radius 2 is 2.19 bits per heavy atom. The summed E-state index contributed by atoms with van der Waals surface area (Å²) in [6.45, 7) is 3.38. The number of hydrogen-bond donors (Lipinski definition) is 2. The highest BCUT2D eigenvalue weighted by Gasteiger charge is 2.23. The van der Waals surface area contributed by atoms with E-state index in [2.05, 4.69) is 5.16 Å². The molecule has 1 atom stereocenters. The molecule has 7 heteroatoms. The molecule has 16 heavy (non-hydrogen) atoms. The SMILES string of the molecule is CC/C(=C\C(=N/O)C(N)=O)C(CC)[N+](=O)[O-]. The van der Waals surface area contributed by atoms with Crippen LogP contribution in [0.3, 0.4) is 0 Å². The Bertz CT molecular complexity index is 336. The van der Waals surface area contributed by atoms with Gasteiger partial charge in [0.15, 0.2) is 5.71 Å². The standard InChI is InChI=1S/C9H15N3O4/c1-3-6(8(4-2)12(15)16)5-7(11-14)9(10)13/h5,8,14H,3-4H2,1-2H3,(H2,10,13)/b6-5+,11-7+. The lowest BCUT2D eigenvalue weighted by Gasteiger charge is -2.09. The van der Waals surface area contributed by atoms with Crippen LogP contribution in [0, 0.1) is 10.1 Å². The van der Waals surface area contributed by atoms with E-state index in [0.29, 0.717) is 18.4 Å². The summed E-state index contributed by atoms with van der Waals surface area (Å²) < 4.78 is 0. The Morgan fingerprint density at radius 1 is 1.62 bits per heavy atom.